The SMILES string of the molecule is CC(C)CNc1cc(-c2cnc3c(c2)OCCO3)ncn1. The topological polar surface area (TPSA) is 69.2 Å². The molecule has 0 unspecified atom stereocenters. The predicted octanol–water partition coefficient (Wildman–Crippen LogP) is 2.38. The van der Waals surface area contributed by atoms with Crippen molar-refractivity contribution >= 4 is 5.82 Å². The van der Waals surface area contributed by atoms with Crippen LogP contribution in [0.15, 0.2) is 24.7 Å². The van der Waals surface area contributed by atoms with Gasteiger partial charge in [0.1, 0.15) is 25.4 Å². The van der Waals surface area contributed by atoms with Gasteiger partial charge < -0.3 is 14.8 Å². The van der Waals surface area contributed by atoms with Crippen LogP contribution in [0.25, 0.3) is 11.3 Å². The number of fused-ring (bicyclic) bond motifs is 1. The molecule has 2 aromatic rings. The van der Waals surface area contributed by atoms with E-state index >= 15 is 0 Å². The standard InChI is InChI=1S/C15H18N4O2/c1-10(2)7-16-14-6-12(18-9-19-14)11-5-13-15(17-8-11)21-4-3-20-13/h5-6,8-10H,3-4,7H2,1-2H3,(H,16,18,19). The molecule has 0 bridgehead atoms. The quantitative estimate of drug-likeness (QED) is 0.930. The second kappa shape index (κ2) is 5.95. The first-order valence-electron chi connectivity index (χ1n) is 7.04. The van der Waals surface area contributed by atoms with Gasteiger partial charge in [-0.1, -0.05) is 13.8 Å². The van der Waals surface area contributed by atoms with Gasteiger partial charge in [0.05, 0.1) is 5.69 Å². The van der Waals surface area contributed by atoms with Crippen molar-refractivity contribution in [1.29, 1.82) is 0 Å². The van der Waals surface area contributed by atoms with Crippen LogP contribution in [0, 0.1) is 5.92 Å². The van der Waals surface area contributed by atoms with Crippen LogP contribution in [0.5, 0.6) is 11.6 Å². The smallest absolute Gasteiger partial charge is 0.257 e. The van der Waals surface area contributed by atoms with Crippen molar-refractivity contribution in [2.24, 2.45) is 5.92 Å². The molecule has 2 aromatic heterocycles. The minimum absolute atomic E-state index is 0.538. The van der Waals surface area contributed by atoms with E-state index in [1.807, 2.05) is 12.1 Å². The van der Waals surface area contributed by atoms with E-state index in [4.69, 9.17) is 9.47 Å². The lowest BCUT2D eigenvalue weighted by Crippen LogP contribution is -2.16. The minimum atomic E-state index is 0.538. The Bertz CT molecular complexity index is 631. The van der Waals surface area contributed by atoms with E-state index in [9.17, 15) is 0 Å². The first kappa shape index (κ1) is 13.6. The van der Waals surface area contributed by atoms with Crippen LogP contribution in [0.3, 0.4) is 0 Å². The lowest BCUT2D eigenvalue weighted by Gasteiger charge is -2.17. The van der Waals surface area contributed by atoms with Crippen molar-refractivity contribution in [2.75, 3.05) is 25.1 Å². The lowest BCUT2D eigenvalue weighted by atomic mass is 10.2. The van der Waals surface area contributed by atoms with Gasteiger partial charge in [-0.3, -0.25) is 0 Å². The number of hydrogen-bond donors (Lipinski definition) is 1. The highest BCUT2D eigenvalue weighted by Gasteiger charge is 2.14. The third-order valence-corrected chi connectivity index (χ3v) is 3.05. The van der Waals surface area contributed by atoms with Gasteiger partial charge in [0.25, 0.3) is 5.88 Å². The largest absolute Gasteiger partial charge is 0.484 e. The van der Waals surface area contributed by atoms with Gasteiger partial charge >= 0.3 is 0 Å². The Labute approximate surface area is 123 Å². The maximum absolute atomic E-state index is 5.55. The number of hydrogen-bond acceptors (Lipinski definition) is 6. The Morgan fingerprint density at radius 3 is 2.86 bits per heavy atom. The number of pyridine rings is 1. The summed E-state index contributed by atoms with van der Waals surface area (Å²) < 4.78 is 11.0. The molecule has 0 fully saturated rings. The molecular weight excluding hydrogens is 268 g/mol. The molecule has 1 aliphatic heterocycles. The van der Waals surface area contributed by atoms with E-state index in [1.54, 1.807) is 12.5 Å². The van der Waals surface area contributed by atoms with Crippen molar-refractivity contribution < 1.29 is 9.47 Å². The molecule has 3 rings (SSSR count). The molecule has 1 aliphatic rings. The molecule has 0 aromatic carbocycles. The molecule has 0 atom stereocenters. The molecule has 6 heteroatoms. The van der Waals surface area contributed by atoms with E-state index in [1.165, 1.54) is 0 Å². The number of rotatable bonds is 4. The number of nitrogens with one attached hydrogen (secondary N) is 1. The first-order valence-corrected chi connectivity index (χ1v) is 7.04. The van der Waals surface area contributed by atoms with Crippen LogP contribution in [-0.2, 0) is 0 Å². The third-order valence-electron chi connectivity index (χ3n) is 3.05. The van der Waals surface area contributed by atoms with Crippen LogP contribution < -0.4 is 14.8 Å². The highest BCUT2D eigenvalue weighted by molar-refractivity contribution is 5.64. The van der Waals surface area contributed by atoms with E-state index < -0.39 is 0 Å². The van der Waals surface area contributed by atoms with E-state index in [0.717, 1.165) is 23.6 Å². The van der Waals surface area contributed by atoms with Gasteiger partial charge in [0, 0.05) is 24.4 Å². The molecule has 0 radical (unpaired) electrons. The summed E-state index contributed by atoms with van der Waals surface area (Å²) in [6, 6.07) is 3.81. The zero-order valence-electron chi connectivity index (χ0n) is 12.2. The first-order chi connectivity index (χ1) is 10.2. The maximum Gasteiger partial charge on any atom is 0.257 e. The molecule has 110 valence electrons. The summed E-state index contributed by atoms with van der Waals surface area (Å²) in [7, 11) is 0. The van der Waals surface area contributed by atoms with Crippen LogP contribution in [0.1, 0.15) is 13.8 Å². The van der Waals surface area contributed by atoms with E-state index in [-0.39, 0.29) is 0 Å². The summed E-state index contributed by atoms with van der Waals surface area (Å²) in [5, 5.41) is 3.29. The van der Waals surface area contributed by atoms with Gasteiger partial charge in [0.2, 0.25) is 0 Å². The summed E-state index contributed by atoms with van der Waals surface area (Å²) >= 11 is 0. The van der Waals surface area contributed by atoms with Gasteiger partial charge in [0.15, 0.2) is 5.75 Å². The Kier molecular flexibility index (Phi) is 3.85. The summed E-state index contributed by atoms with van der Waals surface area (Å²) in [6.45, 7) is 6.26. The zero-order chi connectivity index (χ0) is 14.7. The monoisotopic (exact) mass is 286 g/mol. The van der Waals surface area contributed by atoms with Crippen molar-refractivity contribution in [3.05, 3.63) is 24.7 Å². The third kappa shape index (κ3) is 3.21. The Morgan fingerprint density at radius 2 is 2.00 bits per heavy atom. The molecule has 6 nitrogen and oxygen atoms in total. The van der Waals surface area contributed by atoms with Crippen molar-refractivity contribution in [1.82, 2.24) is 15.0 Å². The molecule has 0 saturated carbocycles. The fourth-order valence-electron chi connectivity index (χ4n) is 1.99. The molecule has 0 amide bonds. The Balaban J connectivity index is 1.84. The lowest BCUT2D eigenvalue weighted by molar-refractivity contribution is 0.164. The van der Waals surface area contributed by atoms with Crippen LogP contribution in [0.2, 0.25) is 0 Å². The van der Waals surface area contributed by atoms with Gasteiger partial charge in [-0.25, -0.2) is 15.0 Å². The number of aromatic nitrogens is 3. The summed E-state index contributed by atoms with van der Waals surface area (Å²) in [5.74, 6) is 2.56. The summed E-state index contributed by atoms with van der Waals surface area (Å²) in [6.07, 6.45) is 3.29. The molecule has 1 N–H and O–H groups in total. The molecule has 0 aliphatic carbocycles. The number of ether oxygens (including phenoxy) is 2. The fourth-order valence-corrected chi connectivity index (χ4v) is 1.99. The fraction of sp³-hybridized carbons (Fsp3) is 0.400. The highest BCUT2D eigenvalue weighted by atomic mass is 16.6. The van der Waals surface area contributed by atoms with E-state index in [0.29, 0.717) is 30.8 Å². The van der Waals surface area contributed by atoms with Crippen molar-refractivity contribution in [2.45, 2.75) is 13.8 Å². The van der Waals surface area contributed by atoms with Gasteiger partial charge in [-0.05, 0) is 12.0 Å². The molecule has 3 heterocycles. The highest BCUT2D eigenvalue weighted by Crippen LogP contribution is 2.31. The molecule has 21 heavy (non-hydrogen) atoms. The Hall–Kier alpha value is -2.37. The van der Waals surface area contributed by atoms with Crippen molar-refractivity contribution in [3.63, 3.8) is 0 Å². The molecule has 0 spiro atoms. The number of anilines is 1. The Morgan fingerprint density at radius 1 is 1.14 bits per heavy atom. The average molecular weight is 286 g/mol. The second-order valence-corrected chi connectivity index (χ2v) is 5.29. The van der Waals surface area contributed by atoms with Crippen molar-refractivity contribution in [3.8, 4) is 22.9 Å². The maximum atomic E-state index is 5.55. The average Bonchev–Trinajstić information content (AvgIpc) is 2.53. The van der Waals surface area contributed by atoms with Crippen LogP contribution in [-0.4, -0.2) is 34.7 Å². The normalized spacial score (nSPS) is 13.3. The molecule has 0 saturated heterocycles. The zero-order valence-corrected chi connectivity index (χ0v) is 12.2. The van der Waals surface area contributed by atoms with Crippen LogP contribution >= 0.6 is 0 Å². The number of nitrogens with zero attached hydrogens (tertiary/aromatic N) is 3. The van der Waals surface area contributed by atoms with E-state index in [2.05, 4.69) is 34.1 Å². The summed E-state index contributed by atoms with van der Waals surface area (Å²) in [5.41, 5.74) is 1.69. The van der Waals surface area contributed by atoms with Gasteiger partial charge in [-0.2, -0.15) is 0 Å². The van der Waals surface area contributed by atoms with Gasteiger partial charge in [-0.15, -0.1) is 0 Å². The summed E-state index contributed by atoms with van der Waals surface area (Å²) in [4.78, 5) is 12.8. The molecular formula is C15H18N4O2. The van der Waals surface area contributed by atoms with Crippen LogP contribution in [0.4, 0.5) is 5.82 Å². The predicted molar refractivity (Wildman–Crippen MR) is 79.6 cm³/mol. The minimum Gasteiger partial charge on any atom is -0.484 e. The second-order valence-electron chi connectivity index (χ2n) is 5.29.